The van der Waals surface area contributed by atoms with Gasteiger partial charge in [-0.2, -0.15) is 5.10 Å². The van der Waals surface area contributed by atoms with E-state index in [0.29, 0.717) is 5.92 Å². The zero-order valence-electron chi connectivity index (χ0n) is 12.5. The summed E-state index contributed by atoms with van der Waals surface area (Å²) in [6.07, 6.45) is 4.56. The number of fused-ring (bicyclic) bond motifs is 1. The SMILES string of the molecule is COCC1CN(CC2CCOCC2)Cc2cn(C)nc21. The summed E-state index contributed by atoms with van der Waals surface area (Å²) in [6, 6.07) is 0. The Morgan fingerprint density at radius 1 is 1.40 bits per heavy atom. The molecule has 0 N–H and O–H groups in total. The summed E-state index contributed by atoms with van der Waals surface area (Å²) in [6.45, 7) is 5.89. The van der Waals surface area contributed by atoms with Crippen LogP contribution < -0.4 is 0 Å². The molecule has 5 nitrogen and oxygen atoms in total. The second kappa shape index (κ2) is 6.24. The van der Waals surface area contributed by atoms with E-state index in [1.807, 2.05) is 11.7 Å². The van der Waals surface area contributed by atoms with Crippen LogP contribution in [0.5, 0.6) is 0 Å². The van der Waals surface area contributed by atoms with E-state index in [1.54, 1.807) is 7.11 Å². The van der Waals surface area contributed by atoms with Crippen LogP contribution >= 0.6 is 0 Å². The molecular weight excluding hydrogens is 254 g/mol. The molecule has 0 spiro atoms. The smallest absolute Gasteiger partial charge is 0.0736 e. The lowest BCUT2D eigenvalue weighted by Gasteiger charge is -2.35. The molecule has 2 aliphatic heterocycles. The quantitative estimate of drug-likeness (QED) is 0.835. The molecule has 5 heteroatoms. The number of aromatic nitrogens is 2. The Hall–Kier alpha value is -0.910. The number of methoxy groups -OCH3 is 1. The predicted molar refractivity (Wildman–Crippen MR) is 76.6 cm³/mol. The van der Waals surface area contributed by atoms with E-state index in [1.165, 1.54) is 30.6 Å². The first-order valence-electron chi connectivity index (χ1n) is 7.57. The van der Waals surface area contributed by atoms with Gasteiger partial charge in [0.25, 0.3) is 0 Å². The van der Waals surface area contributed by atoms with Crippen molar-refractivity contribution in [1.82, 2.24) is 14.7 Å². The minimum Gasteiger partial charge on any atom is -0.384 e. The third-order valence-electron chi connectivity index (χ3n) is 4.42. The molecule has 0 saturated carbocycles. The first-order chi connectivity index (χ1) is 9.76. The Morgan fingerprint density at radius 3 is 2.95 bits per heavy atom. The van der Waals surface area contributed by atoms with Crippen LogP contribution in [0.25, 0.3) is 0 Å². The van der Waals surface area contributed by atoms with Gasteiger partial charge < -0.3 is 9.47 Å². The van der Waals surface area contributed by atoms with Gasteiger partial charge in [0, 0.05) is 64.7 Å². The number of aryl methyl sites for hydroxylation is 1. The minimum absolute atomic E-state index is 0.407. The highest BCUT2D eigenvalue weighted by molar-refractivity contribution is 5.24. The van der Waals surface area contributed by atoms with Gasteiger partial charge in [-0.1, -0.05) is 0 Å². The van der Waals surface area contributed by atoms with Crippen molar-refractivity contribution in [2.45, 2.75) is 25.3 Å². The van der Waals surface area contributed by atoms with Gasteiger partial charge in [-0.3, -0.25) is 9.58 Å². The summed E-state index contributed by atoms with van der Waals surface area (Å²) in [4.78, 5) is 2.57. The third-order valence-corrected chi connectivity index (χ3v) is 4.42. The van der Waals surface area contributed by atoms with Crippen molar-refractivity contribution < 1.29 is 9.47 Å². The summed E-state index contributed by atoms with van der Waals surface area (Å²) in [5, 5.41) is 4.62. The van der Waals surface area contributed by atoms with Crippen LogP contribution in [0.4, 0.5) is 0 Å². The number of ether oxygens (including phenoxy) is 2. The Kier molecular flexibility index (Phi) is 4.38. The van der Waals surface area contributed by atoms with Crippen molar-refractivity contribution >= 4 is 0 Å². The fourth-order valence-corrected chi connectivity index (χ4v) is 3.49. The zero-order valence-corrected chi connectivity index (χ0v) is 12.5. The van der Waals surface area contributed by atoms with Crippen LogP contribution in [0.3, 0.4) is 0 Å². The Balaban J connectivity index is 1.68. The Labute approximate surface area is 120 Å². The molecule has 1 saturated heterocycles. The van der Waals surface area contributed by atoms with E-state index in [-0.39, 0.29) is 0 Å². The van der Waals surface area contributed by atoms with Gasteiger partial charge in [0.2, 0.25) is 0 Å². The van der Waals surface area contributed by atoms with E-state index < -0.39 is 0 Å². The fraction of sp³-hybridized carbons (Fsp3) is 0.800. The fourth-order valence-electron chi connectivity index (χ4n) is 3.49. The second-order valence-electron chi connectivity index (χ2n) is 6.12. The van der Waals surface area contributed by atoms with E-state index in [0.717, 1.165) is 38.8 Å². The van der Waals surface area contributed by atoms with E-state index in [4.69, 9.17) is 9.47 Å². The molecule has 3 heterocycles. The lowest BCUT2D eigenvalue weighted by atomic mass is 9.94. The number of hydrogen-bond acceptors (Lipinski definition) is 4. The van der Waals surface area contributed by atoms with Gasteiger partial charge in [-0.15, -0.1) is 0 Å². The molecule has 2 aliphatic rings. The number of rotatable bonds is 4. The summed E-state index contributed by atoms with van der Waals surface area (Å²) in [5.74, 6) is 1.19. The van der Waals surface area contributed by atoms with Crippen LogP contribution in [0.15, 0.2) is 6.20 Å². The average molecular weight is 279 g/mol. The number of nitrogens with zero attached hydrogens (tertiary/aromatic N) is 3. The number of hydrogen-bond donors (Lipinski definition) is 0. The standard InChI is InChI=1S/C15H25N3O2/c1-17-8-13-9-18(7-12-3-5-20-6-4-12)10-14(11-19-2)15(13)16-17/h8,12,14H,3-7,9-11H2,1-2H3. The van der Waals surface area contributed by atoms with E-state index in [2.05, 4.69) is 16.2 Å². The molecule has 1 atom stereocenters. The maximum atomic E-state index is 5.46. The molecule has 0 bridgehead atoms. The molecule has 1 fully saturated rings. The normalized spacial score (nSPS) is 24.8. The molecular formula is C15H25N3O2. The van der Waals surface area contributed by atoms with Gasteiger partial charge in [-0.05, 0) is 18.8 Å². The van der Waals surface area contributed by atoms with Crippen molar-refractivity contribution in [1.29, 1.82) is 0 Å². The van der Waals surface area contributed by atoms with Gasteiger partial charge in [-0.25, -0.2) is 0 Å². The van der Waals surface area contributed by atoms with Crippen molar-refractivity contribution in [2.75, 3.05) is 40.0 Å². The highest BCUT2D eigenvalue weighted by Gasteiger charge is 2.29. The molecule has 0 aromatic carbocycles. The van der Waals surface area contributed by atoms with Crippen molar-refractivity contribution in [3.05, 3.63) is 17.5 Å². The second-order valence-corrected chi connectivity index (χ2v) is 6.12. The Bertz CT molecular complexity index is 440. The molecule has 1 aromatic heterocycles. The topological polar surface area (TPSA) is 39.5 Å². The maximum Gasteiger partial charge on any atom is 0.0736 e. The average Bonchev–Trinajstić information content (AvgIpc) is 2.81. The monoisotopic (exact) mass is 279 g/mol. The van der Waals surface area contributed by atoms with E-state index in [9.17, 15) is 0 Å². The molecule has 0 radical (unpaired) electrons. The van der Waals surface area contributed by atoms with Crippen molar-refractivity contribution in [3.63, 3.8) is 0 Å². The molecule has 0 aliphatic carbocycles. The molecule has 0 amide bonds. The van der Waals surface area contributed by atoms with E-state index >= 15 is 0 Å². The first kappa shape index (κ1) is 14.0. The van der Waals surface area contributed by atoms with Gasteiger partial charge in [0.05, 0.1) is 12.3 Å². The lowest BCUT2D eigenvalue weighted by molar-refractivity contribution is 0.0461. The largest absolute Gasteiger partial charge is 0.384 e. The van der Waals surface area contributed by atoms with Crippen LogP contribution in [-0.2, 0) is 23.1 Å². The minimum atomic E-state index is 0.407. The Morgan fingerprint density at radius 2 is 2.20 bits per heavy atom. The van der Waals surface area contributed by atoms with Crippen molar-refractivity contribution in [2.24, 2.45) is 13.0 Å². The summed E-state index contributed by atoms with van der Waals surface area (Å²) < 4.78 is 12.8. The predicted octanol–water partition coefficient (Wildman–Crippen LogP) is 1.39. The highest BCUT2D eigenvalue weighted by Crippen LogP contribution is 2.29. The zero-order chi connectivity index (χ0) is 13.9. The van der Waals surface area contributed by atoms with Gasteiger partial charge >= 0.3 is 0 Å². The molecule has 112 valence electrons. The van der Waals surface area contributed by atoms with Crippen LogP contribution in [0.1, 0.15) is 30.0 Å². The van der Waals surface area contributed by atoms with Gasteiger partial charge in [0.15, 0.2) is 0 Å². The molecule has 1 unspecified atom stereocenters. The van der Waals surface area contributed by atoms with Crippen molar-refractivity contribution in [3.8, 4) is 0 Å². The first-order valence-corrected chi connectivity index (χ1v) is 7.57. The van der Waals surface area contributed by atoms with Crippen LogP contribution in [-0.4, -0.2) is 54.7 Å². The summed E-state index contributed by atoms with van der Waals surface area (Å²) in [7, 11) is 3.78. The highest BCUT2D eigenvalue weighted by atomic mass is 16.5. The van der Waals surface area contributed by atoms with Crippen LogP contribution in [0.2, 0.25) is 0 Å². The van der Waals surface area contributed by atoms with Gasteiger partial charge in [0.1, 0.15) is 0 Å². The molecule has 20 heavy (non-hydrogen) atoms. The molecule has 1 aromatic rings. The summed E-state index contributed by atoms with van der Waals surface area (Å²) in [5.41, 5.74) is 2.60. The lowest BCUT2D eigenvalue weighted by Crippen LogP contribution is -2.39. The maximum absolute atomic E-state index is 5.46. The molecule has 3 rings (SSSR count). The van der Waals surface area contributed by atoms with Crippen LogP contribution in [0, 0.1) is 5.92 Å². The summed E-state index contributed by atoms with van der Waals surface area (Å²) >= 11 is 0. The third kappa shape index (κ3) is 3.05.